The average molecular weight is 310 g/mol. The zero-order valence-corrected chi connectivity index (χ0v) is 11.6. The van der Waals surface area contributed by atoms with Gasteiger partial charge >= 0.3 is 6.18 Å². The summed E-state index contributed by atoms with van der Waals surface area (Å²) in [5, 5.41) is 8.96. The summed E-state index contributed by atoms with van der Waals surface area (Å²) >= 11 is 1.38. The van der Waals surface area contributed by atoms with Crippen molar-refractivity contribution >= 4 is 11.8 Å². The first-order valence-electron chi connectivity index (χ1n) is 5.75. The second-order valence-corrected chi connectivity index (χ2v) is 4.76. The molecule has 1 aromatic heterocycles. The lowest BCUT2D eigenvalue weighted by Gasteiger charge is -2.12. The van der Waals surface area contributed by atoms with Gasteiger partial charge in [0.05, 0.1) is 0 Å². The fourth-order valence-corrected chi connectivity index (χ4v) is 2.09. The van der Waals surface area contributed by atoms with Gasteiger partial charge in [0.15, 0.2) is 0 Å². The van der Waals surface area contributed by atoms with Crippen molar-refractivity contribution in [3.63, 3.8) is 0 Å². The number of ether oxygens (including phenoxy) is 1. The lowest BCUT2D eigenvalue weighted by atomic mass is 10.2. The summed E-state index contributed by atoms with van der Waals surface area (Å²) in [6.45, 7) is 0. The van der Waals surface area contributed by atoms with Gasteiger partial charge < -0.3 is 4.74 Å². The van der Waals surface area contributed by atoms with E-state index < -0.39 is 11.9 Å². The van der Waals surface area contributed by atoms with Gasteiger partial charge in [0, 0.05) is 4.90 Å². The molecule has 0 fully saturated rings. The summed E-state index contributed by atoms with van der Waals surface area (Å²) in [5.74, 6) is 0.00199. The number of rotatable bonds is 3. The molecule has 0 amide bonds. The molecule has 0 spiro atoms. The van der Waals surface area contributed by atoms with Gasteiger partial charge in [-0.3, -0.25) is 0 Å². The third-order valence-corrected chi connectivity index (χ3v) is 3.32. The van der Waals surface area contributed by atoms with E-state index in [4.69, 9.17) is 10.00 Å². The molecule has 0 unspecified atom stereocenters. The van der Waals surface area contributed by atoms with E-state index in [1.807, 2.05) is 6.26 Å². The van der Waals surface area contributed by atoms with E-state index in [1.54, 1.807) is 30.3 Å². The Morgan fingerprint density at radius 2 is 1.90 bits per heavy atom. The minimum Gasteiger partial charge on any atom is -0.436 e. The first-order valence-corrected chi connectivity index (χ1v) is 6.97. The van der Waals surface area contributed by atoms with Crippen LogP contribution in [0.5, 0.6) is 11.6 Å². The first kappa shape index (κ1) is 15.2. The fraction of sp³-hybridized carbons (Fsp3) is 0.143. The number of aromatic nitrogens is 1. The van der Waals surface area contributed by atoms with Crippen LogP contribution in [0.1, 0.15) is 11.3 Å². The maximum absolute atomic E-state index is 12.7. The standard InChI is InChI=1S/C14H9F3N2OS/c1-21-11-5-3-2-4-10(11)20-13-9(8-18)6-7-12(19-13)14(15,16)17/h2-7H,1H3. The number of nitrogens with zero attached hydrogens (tertiary/aromatic N) is 2. The van der Waals surface area contributed by atoms with Gasteiger partial charge in [-0.1, -0.05) is 12.1 Å². The number of benzene rings is 1. The highest BCUT2D eigenvalue weighted by molar-refractivity contribution is 7.98. The zero-order chi connectivity index (χ0) is 15.5. The number of nitriles is 1. The highest BCUT2D eigenvalue weighted by Crippen LogP contribution is 2.34. The van der Waals surface area contributed by atoms with Crippen LogP contribution in [0.3, 0.4) is 0 Å². The van der Waals surface area contributed by atoms with E-state index in [0.29, 0.717) is 5.75 Å². The Labute approximate surface area is 123 Å². The van der Waals surface area contributed by atoms with Crippen LogP contribution < -0.4 is 4.74 Å². The van der Waals surface area contributed by atoms with Crippen LogP contribution in [-0.4, -0.2) is 11.2 Å². The fourth-order valence-electron chi connectivity index (χ4n) is 1.57. The smallest absolute Gasteiger partial charge is 0.433 e. The van der Waals surface area contributed by atoms with Crippen LogP contribution in [0, 0.1) is 11.3 Å². The lowest BCUT2D eigenvalue weighted by molar-refractivity contribution is -0.141. The van der Waals surface area contributed by atoms with Gasteiger partial charge in [0.25, 0.3) is 0 Å². The molecule has 1 heterocycles. The van der Waals surface area contributed by atoms with Crippen LogP contribution in [-0.2, 0) is 6.18 Å². The van der Waals surface area contributed by atoms with Crippen LogP contribution >= 0.6 is 11.8 Å². The highest BCUT2D eigenvalue weighted by atomic mass is 32.2. The summed E-state index contributed by atoms with van der Waals surface area (Å²) in [6, 6.07) is 10.4. The van der Waals surface area contributed by atoms with Crippen molar-refractivity contribution in [2.45, 2.75) is 11.1 Å². The van der Waals surface area contributed by atoms with E-state index in [1.165, 1.54) is 11.8 Å². The van der Waals surface area contributed by atoms with E-state index in [9.17, 15) is 13.2 Å². The van der Waals surface area contributed by atoms with Crippen LogP contribution in [0.2, 0.25) is 0 Å². The normalized spacial score (nSPS) is 11.0. The van der Waals surface area contributed by atoms with Crippen molar-refractivity contribution in [3.05, 3.63) is 47.7 Å². The number of hydrogen-bond donors (Lipinski definition) is 0. The Morgan fingerprint density at radius 3 is 2.52 bits per heavy atom. The molecule has 0 aliphatic rings. The van der Waals surface area contributed by atoms with Crippen LogP contribution in [0.15, 0.2) is 41.3 Å². The summed E-state index contributed by atoms with van der Waals surface area (Å²) in [6.07, 6.45) is -2.78. The first-order chi connectivity index (χ1) is 9.95. The molecular weight excluding hydrogens is 301 g/mol. The maximum Gasteiger partial charge on any atom is 0.433 e. The van der Waals surface area contributed by atoms with Crippen molar-refractivity contribution < 1.29 is 17.9 Å². The minimum absolute atomic E-state index is 0.0566. The molecule has 0 bridgehead atoms. The molecule has 0 saturated carbocycles. The number of pyridine rings is 1. The zero-order valence-electron chi connectivity index (χ0n) is 10.8. The van der Waals surface area contributed by atoms with Gasteiger partial charge in [0.1, 0.15) is 23.1 Å². The van der Waals surface area contributed by atoms with Gasteiger partial charge in [-0.25, -0.2) is 4.98 Å². The van der Waals surface area contributed by atoms with Crippen molar-refractivity contribution in [3.8, 4) is 17.7 Å². The Kier molecular flexibility index (Phi) is 4.38. The number of hydrogen-bond acceptors (Lipinski definition) is 4. The molecule has 21 heavy (non-hydrogen) atoms. The molecular formula is C14H9F3N2OS. The number of alkyl halides is 3. The van der Waals surface area contributed by atoms with Gasteiger partial charge in [-0.15, -0.1) is 11.8 Å². The Balaban J connectivity index is 2.45. The predicted octanol–water partition coefficient (Wildman–Crippen LogP) is 4.49. The summed E-state index contributed by atoms with van der Waals surface area (Å²) in [4.78, 5) is 4.14. The third-order valence-electron chi connectivity index (χ3n) is 2.55. The molecule has 1 aromatic carbocycles. The summed E-state index contributed by atoms with van der Waals surface area (Å²) in [7, 11) is 0. The number of para-hydroxylation sites is 1. The van der Waals surface area contributed by atoms with Crippen molar-refractivity contribution in [2.24, 2.45) is 0 Å². The van der Waals surface area contributed by atoms with Gasteiger partial charge in [-0.2, -0.15) is 18.4 Å². The molecule has 0 atom stereocenters. The largest absolute Gasteiger partial charge is 0.436 e. The van der Waals surface area contributed by atoms with Crippen LogP contribution in [0.25, 0.3) is 0 Å². The molecule has 0 radical (unpaired) electrons. The highest BCUT2D eigenvalue weighted by Gasteiger charge is 2.33. The van der Waals surface area contributed by atoms with Crippen molar-refractivity contribution in [1.82, 2.24) is 4.98 Å². The second-order valence-electron chi connectivity index (χ2n) is 3.91. The molecule has 108 valence electrons. The molecule has 2 rings (SSSR count). The molecule has 0 N–H and O–H groups in total. The number of halogens is 3. The number of thioether (sulfide) groups is 1. The minimum atomic E-state index is -4.59. The topological polar surface area (TPSA) is 45.9 Å². The maximum atomic E-state index is 12.7. The van der Waals surface area contributed by atoms with E-state index >= 15 is 0 Å². The van der Waals surface area contributed by atoms with E-state index in [2.05, 4.69) is 4.98 Å². The third kappa shape index (κ3) is 3.47. The Bertz CT molecular complexity index is 695. The predicted molar refractivity (Wildman–Crippen MR) is 72.3 cm³/mol. The molecule has 3 nitrogen and oxygen atoms in total. The van der Waals surface area contributed by atoms with E-state index in [-0.39, 0.29) is 11.4 Å². The second kappa shape index (κ2) is 6.06. The lowest BCUT2D eigenvalue weighted by Crippen LogP contribution is -2.09. The van der Waals surface area contributed by atoms with Crippen molar-refractivity contribution in [1.29, 1.82) is 5.26 Å². The Hall–Kier alpha value is -2.20. The average Bonchev–Trinajstić information content (AvgIpc) is 2.47. The van der Waals surface area contributed by atoms with Gasteiger partial charge in [-0.05, 0) is 30.5 Å². The molecule has 0 aliphatic heterocycles. The molecule has 7 heteroatoms. The Morgan fingerprint density at radius 1 is 1.19 bits per heavy atom. The molecule has 0 aliphatic carbocycles. The quantitative estimate of drug-likeness (QED) is 0.784. The summed E-state index contributed by atoms with van der Waals surface area (Å²) in [5.41, 5.74) is -1.16. The molecule has 2 aromatic rings. The molecule has 0 saturated heterocycles. The van der Waals surface area contributed by atoms with Crippen LogP contribution in [0.4, 0.5) is 13.2 Å². The SMILES string of the molecule is CSc1ccccc1Oc1nc(C(F)(F)F)ccc1C#N. The van der Waals surface area contributed by atoms with Crippen molar-refractivity contribution in [2.75, 3.05) is 6.26 Å². The van der Waals surface area contributed by atoms with Gasteiger partial charge in [0.2, 0.25) is 5.88 Å². The monoisotopic (exact) mass is 310 g/mol. The summed E-state index contributed by atoms with van der Waals surface area (Å²) < 4.78 is 43.5. The van der Waals surface area contributed by atoms with E-state index in [0.717, 1.165) is 17.0 Å².